The van der Waals surface area contributed by atoms with Crippen molar-refractivity contribution in [2.75, 3.05) is 13.7 Å². The maximum Gasteiger partial charge on any atom is 0.326 e. The number of amides is 1. The van der Waals surface area contributed by atoms with Gasteiger partial charge in [-0.3, -0.25) is 14.9 Å². The Balaban J connectivity index is 2.87. The van der Waals surface area contributed by atoms with Crippen LogP contribution in [0.3, 0.4) is 0 Å². The molecule has 1 amide bonds. The number of rotatable bonds is 7. The van der Waals surface area contributed by atoms with Gasteiger partial charge in [-0.2, -0.15) is 0 Å². The van der Waals surface area contributed by atoms with E-state index in [0.29, 0.717) is 6.07 Å². The van der Waals surface area contributed by atoms with Gasteiger partial charge in [-0.1, -0.05) is 0 Å². The highest BCUT2D eigenvalue weighted by atomic mass is 19.1. The molecule has 0 bridgehead atoms. The smallest absolute Gasteiger partial charge is 0.326 e. The molecule has 1 unspecified atom stereocenters. The first-order chi connectivity index (χ1) is 9.86. The van der Waals surface area contributed by atoms with Crippen molar-refractivity contribution < 1.29 is 28.7 Å². The Hall–Kier alpha value is -2.55. The minimum absolute atomic E-state index is 0.00612. The number of nitro groups is 1. The van der Waals surface area contributed by atoms with Gasteiger partial charge in [0, 0.05) is 26.2 Å². The summed E-state index contributed by atoms with van der Waals surface area (Å²) in [6.07, 6.45) is 0.00612. The van der Waals surface area contributed by atoms with Crippen molar-refractivity contribution in [3.63, 3.8) is 0 Å². The highest BCUT2D eigenvalue weighted by Gasteiger charge is 2.23. The van der Waals surface area contributed by atoms with E-state index >= 15 is 0 Å². The number of hydrogen-bond donors (Lipinski definition) is 2. The molecule has 1 atom stereocenters. The van der Waals surface area contributed by atoms with Crippen molar-refractivity contribution in [2.24, 2.45) is 0 Å². The molecule has 114 valence electrons. The van der Waals surface area contributed by atoms with Crippen molar-refractivity contribution in [2.45, 2.75) is 12.5 Å². The third kappa shape index (κ3) is 4.49. The summed E-state index contributed by atoms with van der Waals surface area (Å²) in [5.41, 5.74) is -0.970. The van der Waals surface area contributed by atoms with Gasteiger partial charge in [0.25, 0.3) is 11.6 Å². The van der Waals surface area contributed by atoms with Crippen molar-refractivity contribution in [1.82, 2.24) is 5.32 Å². The number of carboxylic acid groups (broad SMARTS) is 1. The molecular formula is C12H13FN2O6. The Morgan fingerprint density at radius 1 is 1.52 bits per heavy atom. The van der Waals surface area contributed by atoms with Crippen LogP contribution in [-0.4, -0.2) is 41.7 Å². The summed E-state index contributed by atoms with van der Waals surface area (Å²) in [7, 11) is 1.37. The normalized spacial score (nSPS) is 11.7. The second-order valence-electron chi connectivity index (χ2n) is 4.07. The van der Waals surface area contributed by atoms with E-state index in [0.717, 1.165) is 12.1 Å². The zero-order valence-corrected chi connectivity index (χ0v) is 11.0. The third-order valence-electron chi connectivity index (χ3n) is 2.62. The number of hydrogen-bond acceptors (Lipinski definition) is 5. The van der Waals surface area contributed by atoms with E-state index in [1.807, 2.05) is 0 Å². The highest BCUT2D eigenvalue weighted by molar-refractivity contribution is 5.97. The van der Waals surface area contributed by atoms with Crippen LogP contribution in [-0.2, 0) is 9.53 Å². The largest absolute Gasteiger partial charge is 0.480 e. The molecule has 0 saturated heterocycles. The minimum Gasteiger partial charge on any atom is -0.480 e. The average Bonchev–Trinajstić information content (AvgIpc) is 2.42. The van der Waals surface area contributed by atoms with Gasteiger partial charge in [0.15, 0.2) is 0 Å². The topological polar surface area (TPSA) is 119 Å². The zero-order chi connectivity index (χ0) is 16.0. The molecule has 0 fully saturated rings. The van der Waals surface area contributed by atoms with Gasteiger partial charge < -0.3 is 15.2 Å². The molecule has 9 heteroatoms. The fourth-order valence-electron chi connectivity index (χ4n) is 1.53. The van der Waals surface area contributed by atoms with Gasteiger partial charge in [0.1, 0.15) is 11.9 Å². The quantitative estimate of drug-likeness (QED) is 0.571. The number of nitro benzene ring substituents is 1. The van der Waals surface area contributed by atoms with E-state index in [1.165, 1.54) is 7.11 Å². The molecule has 0 saturated carbocycles. The Kier molecular flexibility index (Phi) is 5.73. The molecule has 0 radical (unpaired) electrons. The number of benzene rings is 1. The van der Waals surface area contributed by atoms with Crippen LogP contribution in [0.2, 0.25) is 0 Å². The number of nitrogens with one attached hydrogen (secondary N) is 1. The number of carbonyl (C=O) groups excluding carboxylic acids is 1. The molecule has 0 aromatic heterocycles. The van der Waals surface area contributed by atoms with Crippen molar-refractivity contribution >= 4 is 17.6 Å². The Labute approximate surface area is 118 Å². The van der Waals surface area contributed by atoms with Crippen molar-refractivity contribution in [3.05, 3.63) is 39.7 Å². The number of methoxy groups -OCH3 is 1. The first-order valence-electron chi connectivity index (χ1n) is 5.83. The van der Waals surface area contributed by atoms with Gasteiger partial charge in [0.2, 0.25) is 0 Å². The number of ether oxygens (including phenoxy) is 1. The third-order valence-corrected chi connectivity index (χ3v) is 2.62. The van der Waals surface area contributed by atoms with Crippen LogP contribution in [0.5, 0.6) is 0 Å². The molecule has 8 nitrogen and oxygen atoms in total. The molecule has 21 heavy (non-hydrogen) atoms. The summed E-state index contributed by atoms with van der Waals surface area (Å²) in [5, 5.41) is 21.5. The van der Waals surface area contributed by atoms with Crippen molar-refractivity contribution in [1.29, 1.82) is 0 Å². The number of aliphatic carboxylic acids is 1. The van der Waals surface area contributed by atoms with E-state index in [1.54, 1.807) is 0 Å². The van der Waals surface area contributed by atoms with Gasteiger partial charge in [-0.25, -0.2) is 9.18 Å². The van der Waals surface area contributed by atoms with Crippen LogP contribution in [0.1, 0.15) is 16.8 Å². The predicted molar refractivity (Wildman–Crippen MR) is 68.4 cm³/mol. The lowest BCUT2D eigenvalue weighted by Crippen LogP contribution is -2.41. The van der Waals surface area contributed by atoms with Gasteiger partial charge in [0.05, 0.1) is 16.6 Å². The van der Waals surface area contributed by atoms with Crippen LogP contribution >= 0.6 is 0 Å². The maximum absolute atomic E-state index is 13.6. The summed E-state index contributed by atoms with van der Waals surface area (Å²) >= 11 is 0. The summed E-state index contributed by atoms with van der Waals surface area (Å²) < 4.78 is 18.3. The van der Waals surface area contributed by atoms with Crippen LogP contribution in [0.25, 0.3) is 0 Å². The lowest BCUT2D eigenvalue weighted by molar-refractivity contribution is -0.385. The molecule has 1 aromatic rings. The number of nitrogens with zero attached hydrogens (tertiary/aromatic N) is 1. The Morgan fingerprint density at radius 2 is 2.19 bits per heavy atom. The van der Waals surface area contributed by atoms with Gasteiger partial charge in [-0.15, -0.1) is 0 Å². The number of carboxylic acids is 1. The highest BCUT2D eigenvalue weighted by Crippen LogP contribution is 2.16. The predicted octanol–water partition coefficient (Wildman–Crippen LogP) is 0.953. The SMILES string of the molecule is COCCC(NC(=O)c1ccc([N+](=O)[O-])cc1F)C(=O)O. The molecule has 0 heterocycles. The number of non-ortho nitro benzene ring substituents is 1. The van der Waals surface area contributed by atoms with Crippen LogP contribution in [0, 0.1) is 15.9 Å². The van der Waals surface area contributed by atoms with E-state index in [-0.39, 0.29) is 13.0 Å². The molecule has 2 N–H and O–H groups in total. The van der Waals surface area contributed by atoms with Crippen LogP contribution in [0.4, 0.5) is 10.1 Å². The molecule has 1 aromatic carbocycles. The van der Waals surface area contributed by atoms with E-state index < -0.39 is 39.9 Å². The van der Waals surface area contributed by atoms with Gasteiger partial charge in [-0.05, 0) is 6.07 Å². The first-order valence-corrected chi connectivity index (χ1v) is 5.83. The fraction of sp³-hybridized carbons (Fsp3) is 0.333. The second-order valence-corrected chi connectivity index (χ2v) is 4.07. The second kappa shape index (κ2) is 7.29. The summed E-state index contributed by atoms with van der Waals surface area (Å²) in [5.74, 6) is -3.36. The Bertz CT molecular complexity index is 563. The zero-order valence-electron chi connectivity index (χ0n) is 11.0. The van der Waals surface area contributed by atoms with Crippen LogP contribution < -0.4 is 5.32 Å². The number of carbonyl (C=O) groups is 2. The van der Waals surface area contributed by atoms with E-state index in [2.05, 4.69) is 5.32 Å². The molecule has 1 rings (SSSR count). The van der Waals surface area contributed by atoms with E-state index in [4.69, 9.17) is 9.84 Å². The summed E-state index contributed by atoms with van der Waals surface area (Å²) in [4.78, 5) is 32.4. The lowest BCUT2D eigenvalue weighted by Gasteiger charge is -2.14. The average molecular weight is 300 g/mol. The summed E-state index contributed by atoms with van der Waals surface area (Å²) in [6.45, 7) is 0.0972. The molecular weight excluding hydrogens is 287 g/mol. The summed E-state index contributed by atoms with van der Waals surface area (Å²) in [6, 6.07) is 1.24. The number of halogens is 1. The fourth-order valence-corrected chi connectivity index (χ4v) is 1.53. The van der Waals surface area contributed by atoms with Crippen molar-refractivity contribution in [3.8, 4) is 0 Å². The minimum atomic E-state index is -1.29. The maximum atomic E-state index is 13.6. The standard InChI is InChI=1S/C12H13FN2O6/c1-21-5-4-10(12(17)18)14-11(16)8-3-2-7(15(19)20)6-9(8)13/h2-3,6,10H,4-5H2,1H3,(H,14,16)(H,17,18). The lowest BCUT2D eigenvalue weighted by atomic mass is 10.1. The molecule has 0 aliphatic heterocycles. The first kappa shape index (κ1) is 16.5. The van der Waals surface area contributed by atoms with E-state index in [9.17, 15) is 24.1 Å². The monoisotopic (exact) mass is 300 g/mol. The molecule has 0 aliphatic carbocycles. The van der Waals surface area contributed by atoms with Crippen LogP contribution in [0.15, 0.2) is 18.2 Å². The van der Waals surface area contributed by atoms with Gasteiger partial charge >= 0.3 is 5.97 Å². The molecule has 0 aliphatic rings. The Morgan fingerprint density at radius 3 is 2.67 bits per heavy atom. The molecule has 0 spiro atoms.